The van der Waals surface area contributed by atoms with Gasteiger partial charge in [-0.2, -0.15) is 0 Å². The molecule has 0 bridgehead atoms. The van der Waals surface area contributed by atoms with Crippen molar-refractivity contribution in [2.75, 3.05) is 33.7 Å². The van der Waals surface area contributed by atoms with Crippen molar-refractivity contribution < 1.29 is 23.7 Å². The van der Waals surface area contributed by atoms with Crippen LogP contribution in [-0.4, -0.2) is 33.7 Å². The van der Waals surface area contributed by atoms with Gasteiger partial charge in [-0.3, -0.25) is 4.79 Å². The fraction of sp³-hybridized carbons (Fsp3) is 0.286. The summed E-state index contributed by atoms with van der Waals surface area (Å²) in [5.41, 5.74) is 8.20. The summed E-state index contributed by atoms with van der Waals surface area (Å²) in [6.45, 7) is 4.14. The molecule has 0 aliphatic heterocycles. The number of benzene rings is 2. The van der Waals surface area contributed by atoms with Gasteiger partial charge in [0, 0.05) is 5.56 Å². The molecule has 27 heavy (non-hydrogen) atoms. The summed E-state index contributed by atoms with van der Waals surface area (Å²) >= 11 is 0. The van der Waals surface area contributed by atoms with Gasteiger partial charge in [-0.05, 0) is 61.4 Å². The number of ether oxygens (including phenoxy) is 4. The summed E-state index contributed by atoms with van der Waals surface area (Å²) in [5.74, 6) is 1.99. The second kappa shape index (κ2) is 8.98. The summed E-state index contributed by atoms with van der Waals surface area (Å²) in [6, 6.07) is 8.60. The highest BCUT2D eigenvalue weighted by molar-refractivity contribution is 6.11. The second-order valence-corrected chi connectivity index (χ2v) is 5.80. The van der Waals surface area contributed by atoms with Crippen LogP contribution in [-0.2, 0) is 0 Å². The zero-order valence-electron chi connectivity index (χ0n) is 16.3. The predicted molar refractivity (Wildman–Crippen MR) is 106 cm³/mol. The first-order chi connectivity index (χ1) is 12.9. The number of rotatable bonds is 8. The average Bonchev–Trinajstić information content (AvgIpc) is 2.68. The van der Waals surface area contributed by atoms with Crippen LogP contribution in [0.5, 0.6) is 23.0 Å². The van der Waals surface area contributed by atoms with E-state index in [0.717, 1.165) is 5.56 Å². The number of carbonyl (C=O) groups is 1. The smallest absolute Gasteiger partial charge is 0.203 e. The fourth-order valence-corrected chi connectivity index (χ4v) is 2.70. The molecule has 0 radical (unpaired) electrons. The summed E-state index contributed by atoms with van der Waals surface area (Å²) in [5, 5.41) is 0. The minimum Gasteiger partial charge on any atom is -0.493 e. The number of nitrogens with two attached hydrogens (primary N) is 1. The Kier molecular flexibility index (Phi) is 6.71. The molecule has 0 spiro atoms. The Labute approximate surface area is 159 Å². The number of nitrogen functional groups attached to an aromatic ring is 1. The van der Waals surface area contributed by atoms with Crippen LogP contribution in [0.15, 0.2) is 35.9 Å². The Balaban J connectivity index is 2.36. The Bertz CT molecular complexity index is 833. The van der Waals surface area contributed by atoms with Crippen LogP contribution in [0.2, 0.25) is 0 Å². The van der Waals surface area contributed by atoms with E-state index in [1.54, 1.807) is 64.7 Å². The normalized spacial score (nSPS) is 11.1. The second-order valence-electron chi connectivity index (χ2n) is 5.80. The third-order valence-electron chi connectivity index (χ3n) is 4.00. The zero-order chi connectivity index (χ0) is 20.0. The van der Waals surface area contributed by atoms with Crippen LogP contribution >= 0.6 is 0 Å². The molecule has 0 aromatic heterocycles. The van der Waals surface area contributed by atoms with E-state index in [4.69, 9.17) is 24.7 Å². The van der Waals surface area contributed by atoms with E-state index < -0.39 is 0 Å². The molecule has 0 atom stereocenters. The van der Waals surface area contributed by atoms with Crippen molar-refractivity contribution >= 4 is 17.5 Å². The van der Waals surface area contributed by atoms with Crippen LogP contribution in [0.25, 0.3) is 6.08 Å². The van der Waals surface area contributed by atoms with Gasteiger partial charge in [-0.15, -0.1) is 0 Å². The molecule has 0 saturated heterocycles. The number of Topliss-reactive ketones (excluding diaryl/α,β-unsaturated/α-hetero) is 1. The van der Waals surface area contributed by atoms with E-state index in [9.17, 15) is 4.79 Å². The maximum absolute atomic E-state index is 12.8. The molecule has 6 nitrogen and oxygen atoms in total. The first kappa shape index (κ1) is 20.2. The number of carbonyl (C=O) groups excluding carboxylic acids is 1. The van der Waals surface area contributed by atoms with Gasteiger partial charge in [-0.25, -0.2) is 0 Å². The molecule has 0 amide bonds. The Morgan fingerprint density at radius 3 is 2.11 bits per heavy atom. The van der Waals surface area contributed by atoms with Gasteiger partial charge in [-0.1, -0.05) is 0 Å². The van der Waals surface area contributed by atoms with Gasteiger partial charge in [0.1, 0.15) is 5.75 Å². The lowest BCUT2D eigenvalue weighted by Crippen LogP contribution is -2.04. The molecule has 2 aromatic rings. The Morgan fingerprint density at radius 1 is 1.00 bits per heavy atom. The maximum Gasteiger partial charge on any atom is 0.203 e. The van der Waals surface area contributed by atoms with Crippen molar-refractivity contribution in [3.63, 3.8) is 0 Å². The molecular formula is C21H25NO5. The van der Waals surface area contributed by atoms with Crippen LogP contribution in [0.4, 0.5) is 5.69 Å². The minimum absolute atomic E-state index is 0.126. The molecule has 0 fully saturated rings. The van der Waals surface area contributed by atoms with Crippen molar-refractivity contribution in [1.82, 2.24) is 0 Å². The van der Waals surface area contributed by atoms with Crippen LogP contribution in [0.3, 0.4) is 0 Å². The lowest BCUT2D eigenvalue weighted by molar-refractivity contribution is 0.103. The Hall–Kier alpha value is -3.15. The summed E-state index contributed by atoms with van der Waals surface area (Å²) in [6.07, 6.45) is 1.76. The van der Waals surface area contributed by atoms with Crippen molar-refractivity contribution in [2.24, 2.45) is 0 Å². The number of anilines is 1. The monoisotopic (exact) mass is 371 g/mol. The molecule has 0 aliphatic carbocycles. The highest BCUT2D eigenvalue weighted by Gasteiger charge is 2.14. The minimum atomic E-state index is -0.126. The maximum atomic E-state index is 12.8. The van der Waals surface area contributed by atoms with Crippen molar-refractivity contribution in [3.05, 3.63) is 47.0 Å². The van der Waals surface area contributed by atoms with Gasteiger partial charge in [0.05, 0.1) is 33.6 Å². The van der Waals surface area contributed by atoms with Gasteiger partial charge in [0.2, 0.25) is 5.75 Å². The molecule has 2 rings (SSSR count). The Morgan fingerprint density at radius 2 is 1.63 bits per heavy atom. The van der Waals surface area contributed by atoms with E-state index in [2.05, 4.69) is 0 Å². The van der Waals surface area contributed by atoms with Crippen molar-refractivity contribution in [3.8, 4) is 23.0 Å². The van der Waals surface area contributed by atoms with Gasteiger partial charge in [0.25, 0.3) is 0 Å². The van der Waals surface area contributed by atoms with E-state index in [1.165, 1.54) is 0 Å². The lowest BCUT2D eigenvalue weighted by Gasteiger charge is -2.13. The first-order valence-corrected chi connectivity index (χ1v) is 8.50. The molecule has 144 valence electrons. The predicted octanol–water partition coefficient (Wildman–Crippen LogP) is 3.98. The van der Waals surface area contributed by atoms with E-state index >= 15 is 0 Å². The van der Waals surface area contributed by atoms with E-state index in [1.807, 2.05) is 6.92 Å². The van der Waals surface area contributed by atoms with Crippen LogP contribution < -0.4 is 24.7 Å². The number of hydrogen-bond acceptors (Lipinski definition) is 6. The standard InChI is InChI=1S/C21H25NO5/c1-6-27-17-8-7-15(12-16(17)22)20(23)13(2)9-14-10-18(24-3)21(26-5)19(11-14)25-4/h7-12H,6,22H2,1-5H3. The van der Waals surface area contributed by atoms with Crippen LogP contribution in [0.1, 0.15) is 29.8 Å². The molecule has 0 aliphatic rings. The molecule has 0 heterocycles. The zero-order valence-corrected chi connectivity index (χ0v) is 16.3. The van der Waals surface area contributed by atoms with E-state index in [0.29, 0.717) is 46.4 Å². The molecule has 6 heteroatoms. The SMILES string of the molecule is CCOc1ccc(C(=O)C(C)=Cc2cc(OC)c(OC)c(OC)c2)cc1N. The molecule has 0 saturated carbocycles. The molecular weight excluding hydrogens is 346 g/mol. The lowest BCUT2D eigenvalue weighted by atomic mass is 10.0. The molecule has 2 N–H and O–H groups in total. The van der Waals surface area contributed by atoms with Crippen molar-refractivity contribution in [2.45, 2.75) is 13.8 Å². The topological polar surface area (TPSA) is 80.0 Å². The summed E-state index contributed by atoms with van der Waals surface area (Å²) < 4.78 is 21.4. The van der Waals surface area contributed by atoms with Crippen molar-refractivity contribution in [1.29, 1.82) is 0 Å². The average molecular weight is 371 g/mol. The first-order valence-electron chi connectivity index (χ1n) is 8.50. The summed E-state index contributed by atoms with van der Waals surface area (Å²) in [4.78, 5) is 12.8. The molecule has 2 aromatic carbocycles. The quantitative estimate of drug-likeness (QED) is 0.429. The largest absolute Gasteiger partial charge is 0.493 e. The van der Waals surface area contributed by atoms with Gasteiger partial charge < -0.3 is 24.7 Å². The van der Waals surface area contributed by atoms with Gasteiger partial charge in [0.15, 0.2) is 17.3 Å². The fourth-order valence-electron chi connectivity index (χ4n) is 2.70. The third-order valence-corrected chi connectivity index (χ3v) is 4.00. The number of methoxy groups -OCH3 is 3. The van der Waals surface area contributed by atoms with Gasteiger partial charge >= 0.3 is 0 Å². The van der Waals surface area contributed by atoms with E-state index in [-0.39, 0.29) is 5.78 Å². The third kappa shape index (κ3) is 4.53. The summed E-state index contributed by atoms with van der Waals surface area (Å²) in [7, 11) is 4.64. The van der Waals surface area contributed by atoms with Crippen LogP contribution in [0, 0.1) is 0 Å². The number of ketones is 1. The number of hydrogen-bond donors (Lipinski definition) is 1. The highest BCUT2D eigenvalue weighted by atomic mass is 16.5. The molecule has 0 unspecified atom stereocenters. The highest BCUT2D eigenvalue weighted by Crippen LogP contribution is 2.38. The number of allylic oxidation sites excluding steroid dienone is 1.